The molecule has 3 aromatic heterocycles. The van der Waals surface area contributed by atoms with Gasteiger partial charge in [-0.2, -0.15) is 5.10 Å². The van der Waals surface area contributed by atoms with E-state index < -0.39 is 0 Å². The second-order valence-corrected chi connectivity index (χ2v) is 4.43. The third kappa shape index (κ3) is 1.44. The molecule has 0 fully saturated rings. The van der Waals surface area contributed by atoms with Crippen molar-refractivity contribution in [2.45, 2.75) is 0 Å². The SMILES string of the molecule is Brc1ccn(-c2ncnc3scnc23)n1. The molecule has 0 atom stereocenters. The van der Waals surface area contributed by atoms with Gasteiger partial charge in [-0.15, -0.1) is 11.3 Å². The van der Waals surface area contributed by atoms with Gasteiger partial charge in [-0.25, -0.2) is 19.6 Å². The Morgan fingerprint density at radius 1 is 1.27 bits per heavy atom. The molecular formula is C8H4BrN5S. The highest BCUT2D eigenvalue weighted by atomic mass is 79.9. The van der Waals surface area contributed by atoms with Gasteiger partial charge in [0, 0.05) is 6.20 Å². The fourth-order valence-electron chi connectivity index (χ4n) is 1.27. The molecule has 0 amide bonds. The van der Waals surface area contributed by atoms with Crippen LogP contribution in [-0.4, -0.2) is 24.7 Å². The topological polar surface area (TPSA) is 56.5 Å². The van der Waals surface area contributed by atoms with Gasteiger partial charge in [0.15, 0.2) is 5.82 Å². The standard InChI is InChI=1S/C8H4BrN5S/c9-5-1-2-14(13-5)7-6-8(11-3-10-7)15-4-12-6/h1-4H. The number of hydrogen-bond donors (Lipinski definition) is 0. The zero-order valence-corrected chi connectivity index (χ0v) is 9.73. The van der Waals surface area contributed by atoms with E-state index in [4.69, 9.17) is 0 Å². The van der Waals surface area contributed by atoms with Crippen LogP contribution in [0.25, 0.3) is 16.2 Å². The third-order valence-electron chi connectivity index (χ3n) is 1.89. The lowest BCUT2D eigenvalue weighted by atomic mass is 10.5. The summed E-state index contributed by atoms with van der Waals surface area (Å²) in [4.78, 5) is 13.4. The molecule has 0 unspecified atom stereocenters. The van der Waals surface area contributed by atoms with Crippen molar-refractivity contribution in [3.05, 3.63) is 28.7 Å². The summed E-state index contributed by atoms with van der Waals surface area (Å²) in [6, 6.07) is 1.85. The lowest BCUT2D eigenvalue weighted by Gasteiger charge is -1.99. The third-order valence-corrected chi connectivity index (χ3v) is 3.04. The Bertz CT molecular complexity index is 616. The molecule has 7 heteroatoms. The Kier molecular flexibility index (Phi) is 2.00. The van der Waals surface area contributed by atoms with Crippen LogP contribution in [0.2, 0.25) is 0 Å². The van der Waals surface area contributed by atoms with Crippen molar-refractivity contribution in [2.75, 3.05) is 0 Å². The lowest BCUT2D eigenvalue weighted by molar-refractivity contribution is 0.840. The van der Waals surface area contributed by atoms with Crippen molar-refractivity contribution < 1.29 is 0 Å². The molecule has 3 rings (SSSR count). The van der Waals surface area contributed by atoms with Crippen LogP contribution < -0.4 is 0 Å². The summed E-state index contributed by atoms with van der Waals surface area (Å²) < 4.78 is 2.44. The summed E-state index contributed by atoms with van der Waals surface area (Å²) in [5.41, 5.74) is 2.53. The number of hydrogen-bond acceptors (Lipinski definition) is 5. The summed E-state index contributed by atoms with van der Waals surface area (Å²) in [6.45, 7) is 0. The molecule has 74 valence electrons. The van der Waals surface area contributed by atoms with Crippen molar-refractivity contribution in [1.29, 1.82) is 0 Å². The second-order valence-electron chi connectivity index (χ2n) is 2.79. The lowest BCUT2D eigenvalue weighted by Crippen LogP contribution is -1.99. The van der Waals surface area contributed by atoms with E-state index in [0.29, 0.717) is 5.82 Å². The highest BCUT2D eigenvalue weighted by Crippen LogP contribution is 2.20. The molecule has 3 heterocycles. The van der Waals surface area contributed by atoms with Gasteiger partial charge in [0.05, 0.1) is 5.51 Å². The molecule has 0 spiro atoms. The van der Waals surface area contributed by atoms with E-state index in [1.54, 1.807) is 10.2 Å². The van der Waals surface area contributed by atoms with Crippen molar-refractivity contribution in [2.24, 2.45) is 0 Å². The second kappa shape index (κ2) is 3.35. The first kappa shape index (κ1) is 8.93. The number of fused-ring (bicyclic) bond motifs is 1. The number of rotatable bonds is 1. The van der Waals surface area contributed by atoms with E-state index in [1.165, 1.54) is 17.7 Å². The molecule has 0 bridgehead atoms. The number of halogens is 1. The van der Waals surface area contributed by atoms with E-state index >= 15 is 0 Å². The van der Waals surface area contributed by atoms with E-state index in [9.17, 15) is 0 Å². The molecule has 0 aliphatic heterocycles. The van der Waals surface area contributed by atoms with Crippen LogP contribution in [0.15, 0.2) is 28.7 Å². The minimum absolute atomic E-state index is 0.701. The summed E-state index contributed by atoms with van der Waals surface area (Å²) in [5.74, 6) is 0.701. The van der Waals surface area contributed by atoms with Gasteiger partial charge in [-0.1, -0.05) is 0 Å². The number of thiazole rings is 1. The molecule has 15 heavy (non-hydrogen) atoms. The molecule has 0 aliphatic rings. The Morgan fingerprint density at radius 3 is 3.00 bits per heavy atom. The van der Waals surface area contributed by atoms with Crippen LogP contribution in [0.4, 0.5) is 0 Å². The molecule has 3 aromatic rings. The Hall–Kier alpha value is -1.34. The van der Waals surface area contributed by atoms with E-state index in [2.05, 4.69) is 36.0 Å². The average Bonchev–Trinajstić information content (AvgIpc) is 2.84. The van der Waals surface area contributed by atoms with Gasteiger partial charge < -0.3 is 0 Å². The highest BCUT2D eigenvalue weighted by Gasteiger charge is 2.08. The molecule has 0 aliphatic carbocycles. The average molecular weight is 282 g/mol. The predicted molar refractivity (Wildman–Crippen MR) is 60.0 cm³/mol. The first-order valence-corrected chi connectivity index (χ1v) is 5.77. The summed E-state index contributed by atoms with van der Waals surface area (Å²) in [6.07, 6.45) is 3.34. The summed E-state index contributed by atoms with van der Waals surface area (Å²) in [5, 5.41) is 4.22. The van der Waals surface area contributed by atoms with Crippen molar-refractivity contribution in [3.63, 3.8) is 0 Å². The zero-order valence-electron chi connectivity index (χ0n) is 7.33. The molecule has 0 saturated heterocycles. The first-order valence-electron chi connectivity index (χ1n) is 4.10. The van der Waals surface area contributed by atoms with Crippen LogP contribution in [0.3, 0.4) is 0 Å². The molecule has 0 saturated carbocycles. The van der Waals surface area contributed by atoms with Crippen LogP contribution in [-0.2, 0) is 0 Å². The zero-order chi connectivity index (χ0) is 10.3. The fraction of sp³-hybridized carbons (Fsp3) is 0. The normalized spacial score (nSPS) is 11.0. The summed E-state index contributed by atoms with van der Waals surface area (Å²) >= 11 is 4.78. The Morgan fingerprint density at radius 2 is 2.20 bits per heavy atom. The van der Waals surface area contributed by atoms with Crippen LogP contribution >= 0.6 is 27.3 Å². The highest BCUT2D eigenvalue weighted by molar-refractivity contribution is 9.10. The van der Waals surface area contributed by atoms with Gasteiger partial charge in [-0.05, 0) is 22.0 Å². The predicted octanol–water partition coefficient (Wildman–Crippen LogP) is 2.03. The molecular weight excluding hydrogens is 278 g/mol. The molecule has 0 radical (unpaired) electrons. The molecule has 5 nitrogen and oxygen atoms in total. The largest absolute Gasteiger partial charge is 0.239 e. The van der Waals surface area contributed by atoms with Gasteiger partial charge >= 0.3 is 0 Å². The van der Waals surface area contributed by atoms with E-state index in [0.717, 1.165) is 15.0 Å². The van der Waals surface area contributed by atoms with E-state index in [-0.39, 0.29) is 0 Å². The maximum Gasteiger partial charge on any atom is 0.184 e. The van der Waals surface area contributed by atoms with Crippen LogP contribution in [0.1, 0.15) is 0 Å². The molecule has 0 N–H and O–H groups in total. The number of nitrogens with zero attached hydrogens (tertiary/aromatic N) is 5. The van der Waals surface area contributed by atoms with Crippen molar-refractivity contribution in [1.82, 2.24) is 24.7 Å². The fourth-order valence-corrected chi connectivity index (χ4v) is 2.18. The number of aromatic nitrogens is 5. The minimum atomic E-state index is 0.701. The van der Waals surface area contributed by atoms with Crippen LogP contribution in [0.5, 0.6) is 0 Å². The maximum absolute atomic E-state index is 4.22. The van der Waals surface area contributed by atoms with Crippen molar-refractivity contribution >= 4 is 37.6 Å². The minimum Gasteiger partial charge on any atom is -0.239 e. The monoisotopic (exact) mass is 281 g/mol. The smallest absolute Gasteiger partial charge is 0.184 e. The Labute approximate surface area is 96.9 Å². The quantitative estimate of drug-likeness (QED) is 0.685. The summed E-state index contributed by atoms with van der Waals surface area (Å²) in [7, 11) is 0. The van der Waals surface area contributed by atoms with Gasteiger partial charge in [0.2, 0.25) is 0 Å². The van der Waals surface area contributed by atoms with Gasteiger partial charge in [-0.3, -0.25) is 0 Å². The maximum atomic E-state index is 4.22. The van der Waals surface area contributed by atoms with Gasteiger partial charge in [0.1, 0.15) is 21.3 Å². The first-order chi connectivity index (χ1) is 7.34. The molecule has 0 aromatic carbocycles. The van der Waals surface area contributed by atoms with E-state index in [1.807, 2.05) is 12.3 Å². The Balaban J connectivity index is 2.30. The van der Waals surface area contributed by atoms with Crippen molar-refractivity contribution in [3.8, 4) is 5.82 Å². The van der Waals surface area contributed by atoms with Crippen LogP contribution in [0, 0.1) is 0 Å². The van der Waals surface area contributed by atoms with Gasteiger partial charge in [0.25, 0.3) is 0 Å².